The second-order valence-electron chi connectivity index (χ2n) is 6.33. The monoisotopic (exact) mass is 392 g/mol. The van der Waals surface area contributed by atoms with Gasteiger partial charge < -0.3 is 18.8 Å². The van der Waals surface area contributed by atoms with Gasteiger partial charge in [-0.2, -0.15) is 4.31 Å². The van der Waals surface area contributed by atoms with Crippen LogP contribution < -0.4 is 9.47 Å². The average Bonchev–Trinajstić information content (AvgIpc) is 3.12. The third kappa shape index (κ3) is 3.52. The number of rotatable bonds is 3. The fourth-order valence-electron chi connectivity index (χ4n) is 3.14. The number of sulfonamides is 1. The molecule has 4 rings (SSSR count). The fourth-order valence-corrected chi connectivity index (χ4v) is 4.58. The molecule has 0 atom stereocenters. The van der Waals surface area contributed by atoms with E-state index in [-0.39, 0.29) is 29.7 Å². The first-order valence-corrected chi connectivity index (χ1v) is 10.2. The molecule has 144 valence electrons. The quantitative estimate of drug-likeness (QED) is 0.788. The Labute approximate surface area is 157 Å². The molecule has 0 saturated carbocycles. The molecule has 2 aliphatic rings. The van der Waals surface area contributed by atoms with Crippen molar-refractivity contribution in [1.82, 2.24) is 9.21 Å². The number of carbonyl (C=O) groups excluding carboxylic acids is 1. The molecule has 0 unspecified atom stereocenters. The summed E-state index contributed by atoms with van der Waals surface area (Å²) in [6.07, 6.45) is 2.19. The van der Waals surface area contributed by atoms with Gasteiger partial charge >= 0.3 is 0 Å². The lowest BCUT2D eigenvalue weighted by Gasteiger charge is -2.33. The summed E-state index contributed by atoms with van der Waals surface area (Å²) in [5.41, 5.74) is 0. The lowest BCUT2D eigenvalue weighted by molar-refractivity contribution is 0.0666. The topological polar surface area (TPSA) is 89.3 Å². The van der Waals surface area contributed by atoms with E-state index in [9.17, 15) is 13.2 Å². The van der Waals surface area contributed by atoms with Gasteiger partial charge in [0, 0.05) is 38.7 Å². The zero-order chi connectivity index (χ0) is 18.9. The van der Waals surface area contributed by atoms with Crippen LogP contribution >= 0.6 is 0 Å². The summed E-state index contributed by atoms with van der Waals surface area (Å²) in [5, 5.41) is 0. The SMILES string of the molecule is O=C(c1ccco1)N1CCN(S(=O)(=O)c2ccc3c(c2)OCCCO3)CC1. The molecule has 0 aliphatic carbocycles. The molecule has 0 N–H and O–H groups in total. The molecule has 27 heavy (non-hydrogen) atoms. The zero-order valence-electron chi connectivity index (χ0n) is 14.7. The molecular weight excluding hydrogens is 372 g/mol. The summed E-state index contributed by atoms with van der Waals surface area (Å²) in [6.45, 7) is 2.11. The fraction of sp³-hybridized carbons (Fsp3) is 0.389. The van der Waals surface area contributed by atoms with Crippen LogP contribution in [0.4, 0.5) is 0 Å². The highest BCUT2D eigenvalue weighted by atomic mass is 32.2. The molecule has 1 aromatic carbocycles. The van der Waals surface area contributed by atoms with E-state index in [2.05, 4.69) is 0 Å². The van der Waals surface area contributed by atoms with Crippen molar-refractivity contribution in [2.45, 2.75) is 11.3 Å². The van der Waals surface area contributed by atoms with Crippen LogP contribution in [-0.2, 0) is 10.0 Å². The minimum absolute atomic E-state index is 0.164. The van der Waals surface area contributed by atoms with Crippen LogP contribution in [0, 0.1) is 0 Å². The number of hydrogen-bond acceptors (Lipinski definition) is 6. The van der Waals surface area contributed by atoms with Crippen LogP contribution in [0.3, 0.4) is 0 Å². The van der Waals surface area contributed by atoms with Crippen LogP contribution in [-0.4, -0.2) is 62.9 Å². The van der Waals surface area contributed by atoms with E-state index in [1.54, 1.807) is 23.1 Å². The van der Waals surface area contributed by atoms with Gasteiger partial charge in [-0.15, -0.1) is 0 Å². The number of ether oxygens (including phenoxy) is 2. The minimum atomic E-state index is -3.67. The molecule has 1 fully saturated rings. The number of furan rings is 1. The molecule has 2 aromatic rings. The van der Waals surface area contributed by atoms with E-state index in [1.807, 2.05) is 0 Å². The third-order valence-electron chi connectivity index (χ3n) is 4.61. The Kier molecular flexibility index (Phi) is 4.79. The molecule has 3 heterocycles. The average molecular weight is 392 g/mol. The largest absolute Gasteiger partial charge is 0.490 e. The van der Waals surface area contributed by atoms with Gasteiger partial charge in [0.2, 0.25) is 10.0 Å². The van der Waals surface area contributed by atoms with E-state index in [0.29, 0.717) is 37.8 Å². The number of hydrogen-bond donors (Lipinski definition) is 0. The van der Waals surface area contributed by atoms with Gasteiger partial charge in [0.05, 0.1) is 24.4 Å². The van der Waals surface area contributed by atoms with Gasteiger partial charge in [-0.3, -0.25) is 4.79 Å². The first kappa shape index (κ1) is 17.9. The summed E-state index contributed by atoms with van der Waals surface area (Å²) in [6, 6.07) is 7.92. The van der Waals surface area contributed by atoms with Gasteiger partial charge in [0.25, 0.3) is 5.91 Å². The van der Waals surface area contributed by atoms with Crippen molar-refractivity contribution in [2.75, 3.05) is 39.4 Å². The molecular formula is C18H20N2O6S. The minimum Gasteiger partial charge on any atom is -0.490 e. The number of fused-ring (bicyclic) bond motifs is 1. The van der Waals surface area contributed by atoms with Crippen molar-refractivity contribution in [1.29, 1.82) is 0 Å². The summed E-state index contributed by atoms with van der Waals surface area (Å²) in [5.74, 6) is 1.03. The van der Waals surface area contributed by atoms with E-state index in [0.717, 1.165) is 6.42 Å². The Hall–Kier alpha value is -2.52. The Morgan fingerprint density at radius 1 is 0.963 bits per heavy atom. The van der Waals surface area contributed by atoms with Crippen molar-refractivity contribution in [3.8, 4) is 11.5 Å². The van der Waals surface area contributed by atoms with Gasteiger partial charge in [0.1, 0.15) is 0 Å². The van der Waals surface area contributed by atoms with E-state index >= 15 is 0 Å². The van der Waals surface area contributed by atoms with Gasteiger partial charge in [-0.1, -0.05) is 0 Å². The number of nitrogens with zero attached hydrogens (tertiary/aromatic N) is 2. The van der Waals surface area contributed by atoms with E-state index in [4.69, 9.17) is 13.9 Å². The molecule has 1 saturated heterocycles. The number of amides is 1. The molecule has 0 spiro atoms. The van der Waals surface area contributed by atoms with E-state index < -0.39 is 10.0 Å². The van der Waals surface area contributed by atoms with Gasteiger partial charge in [-0.05, 0) is 24.3 Å². The lowest BCUT2D eigenvalue weighted by atomic mass is 10.3. The smallest absolute Gasteiger partial charge is 0.289 e. The molecule has 1 aromatic heterocycles. The normalized spacial score (nSPS) is 18.1. The Bertz CT molecular complexity index is 917. The summed E-state index contributed by atoms with van der Waals surface area (Å²) in [4.78, 5) is 14.1. The van der Waals surface area contributed by atoms with Crippen molar-refractivity contribution in [3.63, 3.8) is 0 Å². The van der Waals surface area contributed by atoms with Crippen LogP contribution in [0.15, 0.2) is 45.9 Å². The maximum atomic E-state index is 13.0. The maximum absolute atomic E-state index is 13.0. The summed E-state index contributed by atoms with van der Waals surface area (Å²) < 4.78 is 43.6. The highest BCUT2D eigenvalue weighted by Gasteiger charge is 2.31. The second kappa shape index (κ2) is 7.24. The predicted octanol–water partition coefficient (Wildman–Crippen LogP) is 1.59. The van der Waals surface area contributed by atoms with Crippen molar-refractivity contribution in [2.24, 2.45) is 0 Å². The molecule has 1 amide bonds. The lowest BCUT2D eigenvalue weighted by Crippen LogP contribution is -2.50. The molecule has 0 radical (unpaired) electrons. The van der Waals surface area contributed by atoms with Crippen LogP contribution in [0.2, 0.25) is 0 Å². The number of benzene rings is 1. The Morgan fingerprint density at radius 3 is 2.41 bits per heavy atom. The first-order chi connectivity index (χ1) is 13.1. The molecule has 2 aliphatic heterocycles. The highest BCUT2D eigenvalue weighted by molar-refractivity contribution is 7.89. The van der Waals surface area contributed by atoms with Crippen LogP contribution in [0.25, 0.3) is 0 Å². The Balaban J connectivity index is 1.47. The molecule has 8 nitrogen and oxygen atoms in total. The Morgan fingerprint density at radius 2 is 1.70 bits per heavy atom. The number of carbonyl (C=O) groups is 1. The zero-order valence-corrected chi connectivity index (χ0v) is 15.5. The molecule has 0 bridgehead atoms. The highest BCUT2D eigenvalue weighted by Crippen LogP contribution is 2.33. The maximum Gasteiger partial charge on any atom is 0.289 e. The van der Waals surface area contributed by atoms with E-state index in [1.165, 1.54) is 22.7 Å². The van der Waals surface area contributed by atoms with Gasteiger partial charge in [0.15, 0.2) is 17.3 Å². The predicted molar refractivity (Wildman–Crippen MR) is 95.4 cm³/mol. The van der Waals surface area contributed by atoms with Crippen molar-refractivity contribution in [3.05, 3.63) is 42.4 Å². The van der Waals surface area contributed by atoms with Crippen LogP contribution in [0.5, 0.6) is 11.5 Å². The first-order valence-electron chi connectivity index (χ1n) is 8.78. The van der Waals surface area contributed by atoms with Gasteiger partial charge in [-0.25, -0.2) is 8.42 Å². The third-order valence-corrected chi connectivity index (χ3v) is 6.51. The van der Waals surface area contributed by atoms with Crippen molar-refractivity contribution >= 4 is 15.9 Å². The second-order valence-corrected chi connectivity index (χ2v) is 8.27. The molecule has 9 heteroatoms. The summed E-state index contributed by atoms with van der Waals surface area (Å²) in [7, 11) is -3.67. The number of piperazine rings is 1. The van der Waals surface area contributed by atoms with Crippen molar-refractivity contribution < 1.29 is 27.1 Å². The van der Waals surface area contributed by atoms with Crippen LogP contribution in [0.1, 0.15) is 17.0 Å². The standard InChI is InChI=1S/C18H20N2O6S/c21-18(16-3-1-10-25-16)19-6-8-20(9-7-19)27(22,23)14-4-5-15-17(13-14)26-12-2-11-24-15/h1,3-5,10,13H,2,6-9,11-12H2. The summed E-state index contributed by atoms with van der Waals surface area (Å²) >= 11 is 0.